The Morgan fingerprint density at radius 2 is 2.04 bits per heavy atom. The molecule has 7 nitrogen and oxygen atoms in total. The van der Waals surface area contributed by atoms with Crippen molar-refractivity contribution in [2.45, 2.75) is 45.8 Å². The smallest absolute Gasteiger partial charge is 0.310 e. The zero-order chi connectivity index (χ0) is 19.1. The quantitative estimate of drug-likeness (QED) is 0.725. The summed E-state index contributed by atoms with van der Waals surface area (Å²) >= 11 is 0. The first kappa shape index (κ1) is 19.9. The van der Waals surface area contributed by atoms with Gasteiger partial charge in [0, 0.05) is 24.4 Å². The Morgan fingerprint density at radius 1 is 1.27 bits per heavy atom. The Morgan fingerprint density at radius 3 is 2.69 bits per heavy atom. The second-order valence-electron chi connectivity index (χ2n) is 6.67. The molecule has 2 amide bonds. The minimum absolute atomic E-state index is 0.177. The van der Waals surface area contributed by atoms with Crippen LogP contribution in [0.1, 0.15) is 44.0 Å². The average molecular weight is 362 g/mol. The van der Waals surface area contributed by atoms with Crippen LogP contribution in [0.5, 0.6) is 0 Å². The molecule has 26 heavy (non-hydrogen) atoms. The molecule has 0 spiro atoms. The molecule has 1 aliphatic heterocycles. The van der Waals surface area contributed by atoms with Crippen molar-refractivity contribution in [2.24, 2.45) is 5.92 Å². The summed E-state index contributed by atoms with van der Waals surface area (Å²) in [5, 5.41) is 5.48. The highest BCUT2D eigenvalue weighted by Gasteiger charge is 2.23. The molecule has 7 heteroatoms. The molecule has 2 atom stereocenters. The number of rotatable bonds is 7. The van der Waals surface area contributed by atoms with Crippen molar-refractivity contribution in [1.82, 2.24) is 5.32 Å². The van der Waals surface area contributed by atoms with Gasteiger partial charge in [-0.15, -0.1) is 0 Å². The Hall–Kier alpha value is -2.41. The second-order valence-corrected chi connectivity index (χ2v) is 6.67. The van der Waals surface area contributed by atoms with Crippen molar-refractivity contribution in [2.75, 3.05) is 18.5 Å². The van der Waals surface area contributed by atoms with E-state index in [1.54, 1.807) is 45.0 Å². The van der Waals surface area contributed by atoms with Gasteiger partial charge in [0.1, 0.15) is 6.10 Å². The van der Waals surface area contributed by atoms with Gasteiger partial charge in [0.2, 0.25) is 0 Å². The third-order valence-electron chi connectivity index (χ3n) is 3.94. The molecule has 0 aliphatic carbocycles. The highest BCUT2D eigenvalue weighted by atomic mass is 16.5. The molecule has 0 unspecified atom stereocenters. The minimum Gasteiger partial charge on any atom is -0.463 e. The lowest BCUT2D eigenvalue weighted by Crippen LogP contribution is -2.33. The fourth-order valence-corrected chi connectivity index (χ4v) is 2.53. The van der Waals surface area contributed by atoms with Crippen molar-refractivity contribution < 1.29 is 23.9 Å². The van der Waals surface area contributed by atoms with E-state index in [1.807, 2.05) is 0 Å². The normalized spacial score (nSPS) is 17.6. The number of carbonyl (C=O) groups excluding carboxylic acids is 3. The van der Waals surface area contributed by atoms with Crippen LogP contribution in [0.25, 0.3) is 0 Å². The summed E-state index contributed by atoms with van der Waals surface area (Å²) < 4.78 is 10.5. The molecular formula is C19H26N2O5. The number of amides is 2. The van der Waals surface area contributed by atoms with Gasteiger partial charge in [-0.1, -0.05) is 13.0 Å². The van der Waals surface area contributed by atoms with Crippen molar-refractivity contribution in [1.29, 1.82) is 0 Å². The van der Waals surface area contributed by atoms with E-state index in [9.17, 15) is 14.4 Å². The predicted octanol–water partition coefficient (Wildman–Crippen LogP) is 2.12. The van der Waals surface area contributed by atoms with E-state index in [2.05, 4.69) is 10.6 Å². The van der Waals surface area contributed by atoms with Crippen LogP contribution in [0.15, 0.2) is 24.3 Å². The van der Waals surface area contributed by atoms with E-state index >= 15 is 0 Å². The lowest BCUT2D eigenvalue weighted by atomic mass is 10.1. The minimum atomic E-state index is -0.441. The molecule has 142 valence electrons. The molecule has 1 aromatic carbocycles. The van der Waals surface area contributed by atoms with E-state index in [0.29, 0.717) is 24.3 Å². The van der Waals surface area contributed by atoms with Gasteiger partial charge in [-0.25, -0.2) is 0 Å². The van der Waals surface area contributed by atoms with Gasteiger partial charge < -0.3 is 20.1 Å². The standard InChI is InChI=1S/C19H26N2O5/c1-12(2)26-19(24)13(3)11-20-17(22)14-6-4-7-15(10-14)21-18(23)16-8-5-9-25-16/h4,6-7,10,12-13,16H,5,8-9,11H2,1-3H3,(H,20,22)(H,21,23)/t13-,16-/m1/s1. The van der Waals surface area contributed by atoms with Gasteiger partial charge in [0.25, 0.3) is 11.8 Å². The summed E-state index contributed by atoms with van der Waals surface area (Å²) in [6.45, 7) is 6.03. The molecule has 2 rings (SSSR count). The van der Waals surface area contributed by atoms with Crippen LogP contribution in [-0.2, 0) is 19.1 Å². The maximum absolute atomic E-state index is 12.3. The van der Waals surface area contributed by atoms with Crippen LogP contribution in [0.2, 0.25) is 0 Å². The fraction of sp³-hybridized carbons (Fsp3) is 0.526. The Balaban J connectivity index is 1.88. The van der Waals surface area contributed by atoms with Crippen LogP contribution < -0.4 is 10.6 Å². The Labute approximate surface area is 153 Å². The highest BCUT2D eigenvalue weighted by Crippen LogP contribution is 2.16. The molecule has 1 heterocycles. The molecule has 1 saturated heterocycles. The number of nitrogens with one attached hydrogen (secondary N) is 2. The number of hydrogen-bond acceptors (Lipinski definition) is 5. The molecule has 1 fully saturated rings. The molecule has 1 aromatic rings. The molecule has 0 saturated carbocycles. The summed E-state index contributed by atoms with van der Waals surface area (Å²) in [5.74, 6) is -1.31. The van der Waals surface area contributed by atoms with Gasteiger partial charge in [-0.3, -0.25) is 14.4 Å². The molecule has 1 aliphatic rings. The first-order valence-electron chi connectivity index (χ1n) is 8.88. The molecule has 0 radical (unpaired) electrons. The van der Waals surface area contributed by atoms with Crippen LogP contribution in [0.3, 0.4) is 0 Å². The van der Waals surface area contributed by atoms with Crippen molar-refractivity contribution in [3.8, 4) is 0 Å². The predicted molar refractivity (Wildman–Crippen MR) is 96.8 cm³/mol. The summed E-state index contributed by atoms with van der Waals surface area (Å²) in [7, 11) is 0. The first-order chi connectivity index (χ1) is 12.4. The summed E-state index contributed by atoms with van der Waals surface area (Å²) in [4.78, 5) is 36.1. The van der Waals surface area contributed by atoms with Crippen LogP contribution in [0.4, 0.5) is 5.69 Å². The molecule has 2 N–H and O–H groups in total. The first-order valence-corrected chi connectivity index (χ1v) is 8.88. The van der Waals surface area contributed by atoms with Crippen molar-refractivity contribution in [3.63, 3.8) is 0 Å². The number of anilines is 1. The topological polar surface area (TPSA) is 93.7 Å². The number of ether oxygens (including phenoxy) is 2. The van der Waals surface area contributed by atoms with E-state index in [0.717, 1.165) is 6.42 Å². The summed E-state index contributed by atoms with van der Waals surface area (Å²) in [6, 6.07) is 6.65. The number of benzene rings is 1. The monoisotopic (exact) mass is 362 g/mol. The third-order valence-corrected chi connectivity index (χ3v) is 3.94. The van der Waals surface area contributed by atoms with E-state index in [1.165, 1.54) is 0 Å². The SMILES string of the molecule is CC(C)OC(=O)[C@H](C)CNC(=O)c1cccc(NC(=O)[C@H]2CCCO2)c1. The van der Waals surface area contributed by atoms with Gasteiger partial charge in [0.05, 0.1) is 12.0 Å². The van der Waals surface area contributed by atoms with Gasteiger partial charge in [-0.2, -0.15) is 0 Å². The number of hydrogen-bond donors (Lipinski definition) is 2. The lowest BCUT2D eigenvalue weighted by Gasteiger charge is -2.15. The molecule has 0 bridgehead atoms. The third kappa shape index (κ3) is 5.84. The second kappa shape index (κ2) is 9.33. The lowest BCUT2D eigenvalue weighted by molar-refractivity contribution is -0.151. The van der Waals surface area contributed by atoms with Crippen molar-refractivity contribution >= 4 is 23.5 Å². The zero-order valence-electron chi connectivity index (χ0n) is 15.4. The van der Waals surface area contributed by atoms with Gasteiger partial charge >= 0.3 is 5.97 Å². The maximum atomic E-state index is 12.3. The molecule has 0 aromatic heterocycles. The van der Waals surface area contributed by atoms with E-state index < -0.39 is 12.0 Å². The Bertz CT molecular complexity index is 653. The highest BCUT2D eigenvalue weighted by molar-refractivity contribution is 5.98. The maximum Gasteiger partial charge on any atom is 0.310 e. The van der Waals surface area contributed by atoms with E-state index in [4.69, 9.17) is 9.47 Å². The Kier molecular flexibility index (Phi) is 7.15. The van der Waals surface area contributed by atoms with Crippen LogP contribution >= 0.6 is 0 Å². The fourth-order valence-electron chi connectivity index (χ4n) is 2.53. The molecular weight excluding hydrogens is 336 g/mol. The summed E-state index contributed by atoms with van der Waals surface area (Å²) in [5.41, 5.74) is 0.935. The van der Waals surface area contributed by atoms with Gasteiger partial charge in [0.15, 0.2) is 0 Å². The number of carbonyl (C=O) groups is 3. The average Bonchev–Trinajstić information content (AvgIpc) is 3.13. The van der Waals surface area contributed by atoms with E-state index in [-0.39, 0.29) is 30.4 Å². The largest absolute Gasteiger partial charge is 0.463 e. The summed E-state index contributed by atoms with van der Waals surface area (Å²) in [6.07, 6.45) is 0.957. The van der Waals surface area contributed by atoms with Crippen LogP contribution in [0, 0.1) is 5.92 Å². The van der Waals surface area contributed by atoms with Crippen molar-refractivity contribution in [3.05, 3.63) is 29.8 Å². The zero-order valence-corrected chi connectivity index (χ0v) is 15.4. The van der Waals surface area contributed by atoms with Gasteiger partial charge in [-0.05, 0) is 44.9 Å². The number of esters is 1. The van der Waals surface area contributed by atoms with Crippen LogP contribution in [-0.4, -0.2) is 43.1 Å².